The van der Waals surface area contributed by atoms with E-state index in [2.05, 4.69) is 9.72 Å². The summed E-state index contributed by atoms with van der Waals surface area (Å²) in [6, 6.07) is 0.693. The molecule has 1 aromatic rings. The molecule has 6 heteroatoms. The molecule has 0 aromatic carbocycles. The zero-order valence-electron chi connectivity index (χ0n) is 8.05. The molecule has 0 aliphatic rings. The van der Waals surface area contributed by atoms with Crippen LogP contribution in [0.5, 0.6) is 0 Å². The zero-order valence-corrected chi connectivity index (χ0v) is 8.05. The van der Waals surface area contributed by atoms with Gasteiger partial charge in [0.05, 0.1) is 18.4 Å². The van der Waals surface area contributed by atoms with E-state index in [1.165, 1.54) is 6.92 Å². The van der Waals surface area contributed by atoms with E-state index in [1.807, 2.05) is 0 Å². The van der Waals surface area contributed by atoms with Crippen LogP contribution in [0.15, 0.2) is 6.07 Å². The second kappa shape index (κ2) is 4.29. The molecule has 0 saturated carbocycles. The van der Waals surface area contributed by atoms with Crippen LogP contribution in [-0.4, -0.2) is 18.1 Å². The van der Waals surface area contributed by atoms with Crippen molar-refractivity contribution in [1.82, 2.24) is 4.98 Å². The fourth-order valence-corrected chi connectivity index (χ4v) is 1.05. The van der Waals surface area contributed by atoms with Crippen molar-refractivity contribution >= 4 is 5.97 Å². The van der Waals surface area contributed by atoms with E-state index in [0.29, 0.717) is 6.07 Å². The van der Waals surface area contributed by atoms with Gasteiger partial charge in [0.15, 0.2) is 5.82 Å². The summed E-state index contributed by atoms with van der Waals surface area (Å²) in [6.07, 6.45) is -2.85. The normalized spacial score (nSPS) is 10.5. The molecule has 0 fully saturated rings. The number of rotatable bonds is 2. The van der Waals surface area contributed by atoms with E-state index < -0.39 is 29.5 Å². The van der Waals surface area contributed by atoms with Gasteiger partial charge in [-0.05, 0) is 13.0 Å². The summed E-state index contributed by atoms with van der Waals surface area (Å²) >= 11 is 0. The highest BCUT2D eigenvalue weighted by Crippen LogP contribution is 2.21. The number of halogens is 3. The highest BCUT2D eigenvalue weighted by Gasteiger charge is 2.20. The number of alkyl halides is 2. The van der Waals surface area contributed by atoms with E-state index >= 15 is 0 Å². The number of hydrogen-bond acceptors (Lipinski definition) is 3. The number of methoxy groups -OCH3 is 1. The molecule has 0 amide bonds. The number of aryl methyl sites for hydroxylation is 1. The van der Waals surface area contributed by atoms with Crippen LogP contribution in [0.4, 0.5) is 13.2 Å². The highest BCUT2D eigenvalue weighted by molar-refractivity contribution is 5.89. The van der Waals surface area contributed by atoms with Crippen LogP contribution in [0, 0.1) is 12.7 Å². The molecular formula is C9H8F3NO2. The number of carbonyl (C=O) groups is 1. The summed E-state index contributed by atoms with van der Waals surface area (Å²) < 4.78 is 42.1. The Kier molecular flexibility index (Phi) is 3.28. The lowest BCUT2D eigenvalue weighted by molar-refractivity contribution is 0.0594. The molecule has 0 spiro atoms. The van der Waals surface area contributed by atoms with Crippen LogP contribution in [0.3, 0.4) is 0 Å². The van der Waals surface area contributed by atoms with Gasteiger partial charge < -0.3 is 4.74 Å². The minimum Gasteiger partial charge on any atom is -0.465 e. The average Bonchev–Trinajstić information content (AvgIpc) is 2.20. The van der Waals surface area contributed by atoms with Gasteiger partial charge in [-0.15, -0.1) is 0 Å². The van der Waals surface area contributed by atoms with Gasteiger partial charge in [0.25, 0.3) is 6.43 Å². The van der Waals surface area contributed by atoms with E-state index in [1.54, 1.807) is 0 Å². The van der Waals surface area contributed by atoms with Crippen molar-refractivity contribution in [3.05, 3.63) is 28.8 Å². The van der Waals surface area contributed by atoms with Crippen LogP contribution in [-0.2, 0) is 4.74 Å². The second-order valence-corrected chi connectivity index (χ2v) is 2.79. The van der Waals surface area contributed by atoms with Gasteiger partial charge >= 0.3 is 5.97 Å². The Bertz CT molecular complexity index is 393. The van der Waals surface area contributed by atoms with Crippen LogP contribution < -0.4 is 0 Å². The van der Waals surface area contributed by atoms with Crippen LogP contribution in [0.1, 0.15) is 28.2 Å². The van der Waals surface area contributed by atoms with E-state index in [9.17, 15) is 18.0 Å². The van der Waals surface area contributed by atoms with Gasteiger partial charge in [0.2, 0.25) is 0 Å². The predicted molar refractivity (Wildman–Crippen MR) is 45.2 cm³/mol. The summed E-state index contributed by atoms with van der Waals surface area (Å²) in [5, 5.41) is 0. The maximum Gasteiger partial charge on any atom is 0.340 e. The third kappa shape index (κ3) is 2.26. The van der Waals surface area contributed by atoms with E-state index in [0.717, 1.165) is 7.11 Å². The lowest BCUT2D eigenvalue weighted by atomic mass is 10.2. The van der Waals surface area contributed by atoms with Crippen molar-refractivity contribution in [2.24, 2.45) is 0 Å². The van der Waals surface area contributed by atoms with Crippen molar-refractivity contribution in [1.29, 1.82) is 0 Å². The maximum atomic E-state index is 13.3. The summed E-state index contributed by atoms with van der Waals surface area (Å²) in [7, 11) is 1.04. The first-order chi connectivity index (χ1) is 6.97. The molecule has 1 heterocycles. The Hall–Kier alpha value is -1.59. The molecule has 0 unspecified atom stereocenters. The third-order valence-electron chi connectivity index (χ3n) is 1.77. The minimum atomic E-state index is -2.85. The zero-order chi connectivity index (χ0) is 11.6. The van der Waals surface area contributed by atoms with Gasteiger partial charge in [-0.25, -0.2) is 22.9 Å². The highest BCUT2D eigenvalue weighted by atomic mass is 19.3. The molecule has 0 aliphatic heterocycles. The molecule has 0 aliphatic carbocycles. The molecule has 0 N–H and O–H groups in total. The molecule has 82 valence electrons. The van der Waals surface area contributed by atoms with Crippen molar-refractivity contribution in [3.63, 3.8) is 0 Å². The number of esters is 1. The molecule has 1 aromatic heterocycles. The monoisotopic (exact) mass is 219 g/mol. The van der Waals surface area contributed by atoms with Crippen molar-refractivity contribution in [2.45, 2.75) is 13.3 Å². The van der Waals surface area contributed by atoms with Crippen LogP contribution in [0.25, 0.3) is 0 Å². The lowest BCUT2D eigenvalue weighted by Gasteiger charge is -2.06. The van der Waals surface area contributed by atoms with Gasteiger partial charge in [-0.2, -0.15) is 0 Å². The Morgan fingerprint density at radius 3 is 2.60 bits per heavy atom. The largest absolute Gasteiger partial charge is 0.465 e. The molecule has 15 heavy (non-hydrogen) atoms. The fourth-order valence-electron chi connectivity index (χ4n) is 1.05. The summed E-state index contributed by atoms with van der Waals surface area (Å²) in [5.74, 6) is -1.94. The van der Waals surface area contributed by atoms with Gasteiger partial charge in [-0.3, -0.25) is 0 Å². The fraction of sp³-hybridized carbons (Fsp3) is 0.333. The first kappa shape index (κ1) is 11.5. The standard InChI is InChI=1S/C9H8F3NO2/c1-4-7(10)5(9(14)15-2)3-6(13-4)8(11)12/h3,8H,1-2H3. The van der Waals surface area contributed by atoms with Crippen molar-refractivity contribution in [2.75, 3.05) is 7.11 Å². The average molecular weight is 219 g/mol. The number of hydrogen-bond donors (Lipinski definition) is 0. The Morgan fingerprint density at radius 1 is 1.53 bits per heavy atom. The summed E-state index contributed by atoms with van der Waals surface area (Å²) in [6.45, 7) is 1.20. The van der Waals surface area contributed by atoms with Gasteiger partial charge in [-0.1, -0.05) is 0 Å². The van der Waals surface area contributed by atoms with Gasteiger partial charge in [0, 0.05) is 0 Å². The van der Waals surface area contributed by atoms with E-state index in [4.69, 9.17) is 0 Å². The molecule has 0 radical (unpaired) electrons. The van der Waals surface area contributed by atoms with E-state index in [-0.39, 0.29) is 5.69 Å². The molecule has 1 rings (SSSR count). The quantitative estimate of drug-likeness (QED) is 0.716. The van der Waals surface area contributed by atoms with Crippen LogP contribution >= 0.6 is 0 Å². The van der Waals surface area contributed by atoms with Gasteiger partial charge in [0.1, 0.15) is 5.69 Å². The first-order valence-corrected chi connectivity index (χ1v) is 4.01. The third-order valence-corrected chi connectivity index (χ3v) is 1.77. The molecular weight excluding hydrogens is 211 g/mol. The summed E-state index contributed by atoms with van der Waals surface area (Å²) in [5.41, 5.74) is -1.43. The lowest BCUT2D eigenvalue weighted by Crippen LogP contribution is -2.09. The van der Waals surface area contributed by atoms with Crippen molar-refractivity contribution in [3.8, 4) is 0 Å². The second-order valence-electron chi connectivity index (χ2n) is 2.79. The Morgan fingerprint density at radius 2 is 2.13 bits per heavy atom. The molecule has 0 atom stereocenters. The number of ether oxygens (including phenoxy) is 1. The minimum absolute atomic E-state index is 0.256. The summed E-state index contributed by atoms with van der Waals surface area (Å²) in [4.78, 5) is 14.3. The SMILES string of the molecule is COC(=O)c1cc(C(F)F)nc(C)c1F. The topological polar surface area (TPSA) is 39.2 Å². The maximum absolute atomic E-state index is 13.3. The molecule has 0 saturated heterocycles. The number of pyridine rings is 1. The van der Waals surface area contributed by atoms with Crippen molar-refractivity contribution < 1.29 is 22.7 Å². The Labute approximate surface area is 83.9 Å². The Balaban J connectivity index is 3.31. The van der Waals surface area contributed by atoms with Crippen LogP contribution in [0.2, 0.25) is 0 Å². The molecule has 0 bridgehead atoms. The molecule has 3 nitrogen and oxygen atoms in total. The predicted octanol–water partition coefficient (Wildman–Crippen LogP) is 2.25. The number of nitrogens with zero attached hydrogens (tertiary/aromatic N) is 1. The first-order valence-electron chi connectivity index (χ1n) is 4.01. The smallest absolute Gasteiger partial charge is 0.340 e. The number of aromatic nitrogens is 1. The number of carbonyl (C=O) groups excluding carboxylic acids is 1.